The van der Waals surface area contributed by atoms with Crippen molar-refractivity contribution in [2.75, 3.05) is 26.7 Å². The first-order valence-corrected chi connectivity index (χ1v) is 13.0. The summed E-state index contributed by atoms with van der Waals surface area (Å²) in [5.41, 5.74) is 0.929. The minimum Gasteiger partial charge on any atom is -0.493 e. The van der Waals surface area contributed by atoms with Gasteiger partial charge in [0.05, 0.1) is 23.3 Å². The Morgan fingerprint density at radius 1 is 1.16 bits per heavy atom. The van der Waals surface area contributed by atoms with Crippen LogP contribution in [0, 0.1) is 5.41 Å². The lowest BCUT2D eigenvalue weighted by Gasteiger charge is -2.31. The molecule has 0 spiro atoms. The van der Waals surface area contributed by atoms with E-state index in [0.717, 1.165) is 42.5 Å². The zero-order chi connectivity index (χ0) is 21.7. The molecule has 1 aliphatic heterocycles. The highest BCUT2D eigenvalue weighted by Gasteiger charge is 2.26. The molecule has 0 bridgehead atoms. The molecule has 170 valence electrons. The number of piperidine rings is 1. The second-order valence-electron chi connectivity index (χ2n) is 9.87. The third-order valence-corrected chi connectivity index (χ3v) is 8.38. The van der Waals surface area contributed by atoms with Gasteiger partial charge >= 0.3 is 0 Å². The van der Waals surface area contributed by atoms with Crippen molar-refractivity contribution in [1.82, 2.24) is 14.9 Å². The number of ether oxygens (including phenoxy) is 1. The van der Waals surface area contributed by atoms with Crippen molar-refractivity contribution in [3.63, 3.8) is 0 Å². The van der Waals surface area contributed by atoms with Gasteiger partial charge in [-0.1, -0.05) is 39.0 Å². The molecule has 5 nitrogen and oxygen atoms in total. The number of benzene rings is 1. The number of H-pyrrole nitrogens is 1. The molecule has 31 heavy (non-hydrogen) atoms. The van der Waals surface area contributed by atoms with Gasteiger partial charge in [0.2, 0.25) is 0 Å². The van der Waals surface area contributed by atoms with Crippen LogP contribution in [0.5, 0.6) is 5.75 Å². The Kier molecular flexibility index (Phi) is 7.59. The SMILES string of the molecule is CN1CCC(SCc2nc3cc(OCC4(C)CCCCCCC4)ccc3c(=O)[nH]2)CC1. The smallest absolute Gasteiger partial charge is 0.258 e. The monoisotopic (exact) mass is 443 g/mol. The molecule has 2 aromatic rings. The molecule has 1 aromatic carbocycles. The Balaban J connectivity index is 1.41. The Morgan fingerprint density at radius 3 is 2.61 bits per heavy atom. The lowest BCUT2D eigenvalue weighted by atomic mass is 9.78. The summed E-state index contributed by atoms with van der Waals surface area (Å²) >= 11 is 1.92. The molecule has 0 unspecified atom stereocenters. The molecular formula is C25H37N3O2S. The van der Waals surface area contributed by atoms with E-state index in [1.807, 2.05) is 30.0 Å². The minimum absolute atomic E-state index is 0.0532. The van der Waals surface area contributed by atoms with Gasteiger partial charge in [-0.2, -0.15) is 11.8 Å². The van der Waals surface area contributed by atoms with Crippen molar-refractivity contribution in [3.8, 4) is 5.75 Å². The molecule has 6 heteroatoms. The lowest BCUT2D eigenvalue weighted by Crippen LogP contribution is -2.31. The number of aromatic amines is 1. The van der Waals surface area contributed by atoms with E-state index < -0.39 is 0 Å². The van der Waals surface area contributed by atoms with Crippen molar-refractivity contribution in [2.45, 2.75) is 75.7 Å². The zero-order valence-corrected chi connectivity index (χ0v) is 19.9. The fourth-order valence-electron chi connectivity index (χ4n) is 4.83. The summed E-state index contributed by atoms with van der Waals surface area (Å²) < 4.78 is 6.24. The topological polar surface area (TPSA) is 58.2 Å². The van der Waals surface area contributed by atoms with Gasteiger partial charge in [-0.15, -0.1) is 0 Å². The van der Waals surface area contributed by atoms with Gasteiger partial charge in [0.1, 0.15) is 11.6 Å². The number of fused-ring (bicyclic) bond motifs is 1. The van der Waals surface area contributed by atoms with Gasteiger partial charge in [0.15, 0.2) is 0 Å². The molecule has 2 aliphatic rings. The average molecular weight is 444 g/mol. The van der Waals surface area contributed by atoms with Crippen LogP contribution in [0.1, 0.15) is 70.5 Å². The first-order chi connectivity index (χ1) is 15.0. The molecular weight excluding hydrogens is 406 g/mol. The molecule has 1 saturated carbocycles. The summed E-state index contributed by atoms with van der Waals surface area (Å²) in [4.78, 5) is 22.7. The molecule has 0 amide bonds. The predicted octanol–water partition coefficient (Wildman–Crippen LogP) is 5.38. The third kappa shape index (κ3) is 6.26. The fourth-order valence-corrected chi connectivity index (χ4v) is 5.91. The molecule has 1 aromatic heterocycles. The van der Waals surface area contributed by atoms with Gasteiger partial charge in [-0.25, -0.2) is 4.98 Å². The number of nitrogens with one attached hydrogen (secondary N) is 1. The molecule has 4 rings (SSSR count). The highest BCUT2D eigenvalue weighted by atomic mass is 32.2. The zero-order valence-electron chi connectivity index (χ0n) is 19.1. The highest BCUT2D eigenvalue weighted by molar-refractivity contribution is 7.99. The summed E-state index contributed by atoms with van der Waals surface area (Å²) in [6, 6.07) is 5.71. The number of hydrogen-bond acceptors (Lipinski definition) is 5. The molecule has 1 N–H and O–H groups in total. The number of aromatic nitrogens is 2. The van der Waals surface area contributed by atoms with E-state index in [9.17, 15) is 4.79 Å². The number of nitrogens with zero attached hydrogens (tertiary/aromatic N) is 2. The van der Waals surface area contributed by atoms with Crippen molar-refractivity contribution in [2.24, 2.45) is 5.41 Å². The van der Waals surface area contributed by atoms with Crippen LogP contribution in [0.4, 0.5) is 0 Å². The van der Waals surface area contributed by atoms with Crippen molar-refractivity contribution in [1.29, 1.82) is 0 Å². The summed E-state index contributed by atoms with van der Waals surface area (Å²) in [7, 11) is 2.18. The van der Waals surface area contributed by atoms with Gasteiger partial charge in [0.25, 0.3) is 5.56 Å². The van der Waals surface area contributed by atoms with Crippen LogP contribution in [-0.2, 0) is 5.75 Å². The molecule has 0 atom stereocenters. The first-order valence-electron chi connectivity index (χ1n) is 12.0. The van der Waals surface area contributed by atoms with Crippen LogP contribution in [0.3, 0.4) is 0 Å². The summed E-state index contributed by atoms with van der Waals surface area (Å²) in [6.07, 6.45) is 11.5. The normalized spacial score (nSPS) is 21.0. The second-order valence-corrected chi connectivity index (χ2v) is 11.2. The molecule has 1 aliphatic carbocycles. The van der Waals surface area contributed by atoms with Gasteiger partial charge in [-0.05, 0) is 58.0 Å². The third-order valence-electron chi connectivity index (χ3n) is 7.00. The number of thioether (sulfide) groups is 1. The van der Waals surface area contributed by atoms with Crippen LogP contribution in [-0.4, -0.2) is 46.9 Å². The summed E-state index contributed by atoms with van der Waals surface area (Å²) in [6.45, 7) is 5.40. The molecule has 2 fully saturated rings. The standard InChI is InChI=1S/C25H37N3O2S/c1-25(12-6-4-3-5-7-13-25)18-30-19-8-9-21-22(16-19)26-23(27-24(21)29)17-31-20-10-14-28(2)15-11-20/h8-9,16,20H,3-7,10-15,17-18H2,1-2H3,(H,26,27,29). The summed E-state index contributed by atoms with van der Waals surface area (Å²) in [5.74, 6) is 2.34. The van der Waals surface area contributed by atoms with E-state index in [4.69, 9.17) is 9.72 Å². The quantitative estimate of drug-likeness (QED) is 0.649. The Morgan fingerprint density at radius 2 is 1.87 bits per heavy atom. The average Bonchev–Trinajstić information content (AvgIpc) is 2.75. The van der Waals surface area contributed by atoms with Crippen LogP contribution in [0.2, 0.25) is 0 Å². The largest absolute Gasteiger partial charge is 0.493 e. The van der Waals surface area contributed by atoms with Crippen molar-refractivity contribution < 1.29 is 4.74 Å². The van der Waals surface area contributed by atoms with E-state index in [1.54, 1.807) is 0 Å². The maximum Gasteiger partial charge on any atom is 0.258 e. The van der Waals surface area contributed by atoms with Crippen LogP contribution in [0.25, 0.3) is 10.9 Å². The maximum atomic E-state index is 12.6. The second kappa shape index (κ2) is 10.4. The molecule has 1 saturated heterocycles. The number of hydrogen-bond donors (Lipinski definition) is 1. The minimum atomic E-state index is -0.0532. The van der Waals surface area contributed by atoms with Gasteiger partial charge in [-0.3, -0.25) is 4.79 Å². The fraction of sp³-hybridized carbons (Fsp3) is 0.680. The summed E-state index contributed by atoms with van der Waals surface area (Å²) in [5, 5.41) is 1.29. The highest BCUT2D eigenvalue weighted by Crippen LogP contribution is 2.34. The molecule has 2 heterocycles. The van der Waals surface area contributed by atoms with E-state index in [2.05, 4.69) is 23.9 Å². The van der Waals surface area contributed by atoms with E-state index in [0.29, 0.717) is 10.6 Å². The maximum absolute atomic E-state index is 12.6. The van der Waals surface area contributed by atoms with E-state index in [1.165, 1.54) is 57.8 Å². The number of rotatable bonds is 6. The lowest BCUT2D eigenvalue weighted by molar-refractivity contribution is 0.128. The van der Waals surface area contributed by atoms with Crippen LogP contribution < -0.4 is 10.3 Å². The van der Waals surface area contributed by atoms with Crippen LogP contribution >= 0.6 is 11.8 Å². The Bertz CT molecular complexity index is 913. The van der Waals surface area contributed by atoms with Crippen molar-refractivity contribution >= 4 is 22.7 Å². The Hall–Kier alpha value is -1.53. The van der Waals surface area contributed by atoms with Gasteiger partial charge in [0, 0.05) is 16.7 Å². The molecule has 0 radical (unpaired) electrons. The predicted molar refractivity (Wildman–Crippen MR) is 130 cm³/mol. The van der Waals surface area contributed by atoms with E-state index >= 15 is 0 Å². The Labute approximate surface area is 190 Å². The first kappa shape index (κ1) is 22.7. The van der Waals surface area contributed by atoms with Crippen LogP contribution in [0.15, 0.2) is 23.0 Å². The van der Waals surface area contributed by atoms with Gasteiger partial charge < -0.3 is 14.6 Å². The number of likely N-dealkylation sites (tertiary alicyclic amines) is 1. The van der Waals surface area contributed by atoms with Crippen molar-refractivity contribution in [3.05, 3.63) is 34.4 Å². The van der Waals surface area contributed by atoms with E-state index in [-0.39, 0.29) is 11.0 Å².